The van der Waals surface area contributed by atoms with Gasteiger partial charge in [-0.3, -0.25) is 29.4 Å². The molecule has 5 rings (SSSR count). The van der Waals surface area contributed by atoms with E-state index in [0.29, 0.717) is 5.52 Å². The summed E-state index contributed by atoms with van der Waals surface area (Å²) < 4.78 is 5.88. The zero-order valence-electron chi connectivity index (χ0n) is 18.1. The third kappa shape index (κ3) is 4.06. The second-order valence-electron chi connectivity index (χ2n) is 7.59. The molecule has 2 aromatic heterocycles. The second-order valence-corrected chi connectivity index (χ2v) is 8.60. The molecule has 0 saturated carbocycles. The molecule has 0 spiro atoms. The zero-order chi connectivity index (χ0) is 24.7. The van der Waals surface area contributed by atoms with Crippen LogP contribution in [-0.2, 0) is 4.79 Å². The summed E-state index contributed by atoms with van der Waals surface area (Å²) in [5.74, 6) is -2.31. The van der Waals surface area contributed by atoms with E-state index in [0.717, 1.165) is 32.5 Å². The maximum absolute atomic E-state index is 13.3. The number of hydrogen-bond donors (Lipinski definition) is 0. The Morgan fingerprint density at radius 2 is 1.89 bits per heavy atom. The number of thiazole rings is 1. The largest absolute Gasteiger partial charge is 0.433 e. The summed E-state index contributed by atoms with van der Waals surface area (Å²) in [4.78, 5) is 54.3. The maximum Gasteiger partial charge on any atom is 0.433 e. The number of anilines is 1. The van der Waals surface area contributed by atoms with Gasteiger partial charge in [0.2, 0.25) is 5.13 Å². The molecule has 0 N–H and O–H groups in total. The van der Waals surface area contributed by atoms with Crippen molar-refractivity contribution in [3.63, 3.8) is 0 Å². The summed E-state index contributed by atoms with van der Waals surface area (Å²) in [5, 5.41) is 16.2. The topological polar surface area (TPSA) is 139 Å². The van der Waals surface area contributed by atoms with Gasteiger partial charge in [0, 0.05) is 0 Å². The Morgan fingerprint density at radius 1 is 1.17 bits per heavy atom. The predicted octanol–water partition coefficient (Wildman–Crippen LogP) is 3.77. The van der Waals surface area contributed by atoms with Crippen LogP contribution in [0.2, 0.25) is 0 Å². The van der Waals surface area contributed by atoms with Crippen LogP contribution in [0.5, 0.6) is 0 Å². The first-order valence-electron chi connectivity index (χ1n) is 10.3. The van der Waals surface area contributed by atoms with Crippen LogP contribution in [0.15, 0.2) is 64.1 Å². The molecule has 4 aromatic rings. The maximum atomic E-state index is 13.3. The first-order chi connectivity index (χ1) is 16.8. The van der Waals surface area contributed by atoms with Crippen LogP contribution in [0.1, 0.15) is 32.0 Å². The highest BCUT2D eigenvalue weighted by Crippen LogP contribution is 2.31. The van der Waals surface area contributed by atoms with Crippen LogP contribution >= 0.6 is 11.3 Å². The van der Waals surface area contributed by atoms with Crippen molar-refractivity contribution in [2.45, 2.75) is 6.92 Å². The molecule has 0 aliphatic carbocycles. The van der Waals surface area contributed by atoms with Gasteiger partial charge in [0.05, 0.1) is 33.6 Å². The Labute approximate surface area is 201 Å². The Kier molecular flexibility index (Phi) is 5.41. The molecule has 3 heterocycles. The molecule has 0 saturated heterocycles. The molecular formula is C23H15N5O6S. The number of aromatic nitrogens is 1. The van der Waals surface area contributed by atoms with E-state index in [1.807, 2.05) is 19.1 Å². The SMILES string of the molecule is Cc1ccc2nc(N(/N=C/c3ccc([N+](=O)[O-])o3)C(=O)CN3C(=O)c4ccccc4C3=O)sc2c1. The number of rotatable bonds is 6. The Balaban J connectivity index is 1.48. The quantitative estimate of drug-likeness (QED) is 0.174. The number of furan rings is 1. The fourth-order valence-electron chi connectivity index (χ4n) is 3.54. The summed E-state index contributed by atoms with van der Waals surface area (Å²) in [6.07, 6.45) is 1.13. The van der Waals surface area contributed by atoms with Gasteiger partial charge >= 0.3 is 5.88 Å². The lowest BCUT2D eigenvalue weighted by Gasteiger charge is -2.18. The Morgan fingerprint density at radius 3 is 2.54 bits per heavy atom. The van der Waals surface area contributed by atoms with E-state index in [-0.39, 0.29) is 22.0 Å². The highest BCUT2D eigenvalue weighted by molar-refractivity contribution is 7.22. The molecule has 12 heteroatoms. The van der Waals surface area contributed by atoms with E-state index < -0.39 is 35.1 Å². The Hall–Kier alpha value is -4.71. The van der Waals surface area contributed by atoms with Crippen LogP contribution in [0.3, 0.4) is 0 Å². The number of imide groups is 1. The monoisotopic (exact) mass is 489 g/mol. The van der Waals surface area contributed by atoms with E-state index in [1.165, 1.54) is 29.5 Å². The second kappa shape index (κ2) is 8.57. The number of fused-ring (bicyclic) bond motifs is 2. The smallest absolute Gasteiger partial charge is 0.400 e. The van der Waals surface area contributed by atoms with Gasteiger partial charge in [-0.15, -0.1) is 0 Å². The molecule has 174 valence electrons. The normalized spacial score (nSPS) is 13.1. The molecule has 0 bridgehead atoms. The fraction of sp³-hybridized carbons (Fsp3) is 0.0870. The minimum Gasteiger partial charge on any atom is -0.400 e. The lowest BCUT2D eigenvalue weighted by molar-refractivity contribution is -0.402. The highest BCUT2D eigenvalue weighted by Gasteiger charge is 2.37. The van der Waals surface area contributed by atoms with Gasteiger partial charge in [0.1, 0.15) is 11.5 Å². The van der Waals surface area contributed by atoms with E-state index in [4.69, 9.17) is 4.42 Å². The average Bonchev–Trinajstić information content (AvgIpc) is 3.53. The molecule has 2 aromatic carbocycles. The molecule has 35 heavy (non-hydrogen) atoms. The predicted molar refractivity (Wildman–Crippen MR) is 127 cm³/mol. The van der Waals surface area contributed by atoms with Crippen molar-refractivity contribution in [2.75, 3.05) is 11.6 Å². The van der Waals surface area contributed by atoms with Crippen molar-refractivity contribution in [2.24, 2.45) is 5.10 Å². The van der Waals surface area contributed by atoms with Gasteiger partial charge in [-0.25, -0.2) is 4.98 Å². The van der Waals surface area contributed by atoms with Crippen molar-refractivity contribution < 1.29 is 23.7 Å². The summed E-state index contributed by atoms with van der Waals surface area (Å²) in [6.45, 7) is 1.35. The minimum absolute atomic E-state index is 0.0344. The van der Waals surface area contributed by atoms with Crippen molar-refractivity contribution in [3.05, 3.63) is 87.2 Å². The van der Waals surface area contributed by atoms with Crippen molar-refractivity contribution in [1.29, 1.82) is 0 Å². The van der Waals surface area contributed by atoms with Crippen molar-refractivity contribution in [1.82, 2.24) is 9.88 Å². The van der Waals surface area contributed by atoms with Gasteiger partial charge < -0.3 is 4.42 Å². The first-order valence-corrected chi connectivity index (χ1v) is 11.1. The zero-order valence-corrected chi connectivity index (χ0v) is 18.9. The minimum atomic E-state index is -0.701. The highest BCUT2D eigenvalue weighted by atomic mass is 32.1. The molecule has 0 radical (unpaired) electrons. The summed E-state index contributed by atoms with van der Waals surface area (Å²) in [6, 6.07) is 14.4. The van der Waals surface area contributed by atoms with Crippen molar-refractivity contribution in [3.8, 4) is 0 Å². The summed E-state index contributed by atoms with van der Waals surface area (Å²) in [5.41, 5.74) is 2.08. The third-order valence-electron chi connectivity index (χ3n) is 5.21. The average molecular weight is 489 g/mol. The van der Waals surface area contributed by atoms with E-state index in [2.05, 4.69) is 10.1 Å². The fourth-order valence-corrected chi connectivity index (χ4v) is 4.58. The molecular weight excluding hydrogens is 474 g/mol. The number of aryl methyl sites for hydroxylation is 1. The molecule has 0 fully saturated rings. The van der Waals surface area contributed by atoms with Gasteiger partial charge in [0.15, 0.2) is 5.76 Å². The molecule has 0 unspecified atom stereocenters. The Bertz CT molecular complexity index is 1520. The number of hydrogen-bond acceptors (Lipinski definition) is 9. The summed E-state index contributed by atoms with van der Waals surface area (Å²) in [7, 11) is 0. The third-order valence-corrected chi connectivity index (χ3v) is 6.21. The van der Waals surface area contributed by atoms with Gasteiger partial charge in [-0.05, 0) is 42.8 Å². The van der Waals surface area contributed by atoms with Gasteiger partial charge in [0.25, 0.3) is 17.7 Å². The van der Waals surface area contributed by atoms with Crippen LogP contribution in [0, 0.1) is 17.0 Å². The number of amides is 3. The van der Waals surface area contributed by atoms with E-state index in [9.17, 15) is 24.5 Å². The van der Waals surface area contributed by atoms with E-state index >= 15 is 0 Å². The number of carbonyl (C=O) groups is 3. The van der Waals surface area contributed by atoms with Gasteiger partial charge in [-0.1, -0.05) is 29.5 Å². The van der Waals surface area contributed by atoms with Crippen LogP contribution in [-0.4, -0.2) is 45.3 Å². The number of carbonyl (C=O) groups excluding carboxylic acids is 3. The first kappa shape index (κ1) is 22.1. The number of nitro groups is 1. The molecule has 0 atom stereocenters. The lowest BCUT2D eigenvalue weighted by atomic mass is 10.1. The van der Waals surface area contributed by atoms with E-state index in [1.54, 1.807) is 18.2 Å². The van der Waals surface area contributed by atoms with Crippen molar-refractivity contribution >= 4 is 56.5 Å². The molecule has 3 amide bonds. The number of benzene rings is 2. The summed E-state index contributed by atoms with van der Waals surface area (Å²) >= 11 is 1.19. The molecule has 11 nitrogen and oxygen atoms in total. The standard InChI is InChI=1S/C23H15N5O6S/c1-13-6-8-17-18(10-13)35-23(25-17)27(24-11-14-7-9-20(34-14)28(32)33)19(29)12-26-21(30)15-4-2-3-5-16(15)22(26)31/h2-11H,12H2,1H3/b24-11+. The number of nitrogens with zero attached hydrogens (tertiary/aromatic N) is 5. The van der Waals surface area contributed by atoms with Crippen LogP contribution in [0.25, 0.3) is 10.2 Å². The molecule has 1 aliphatic heterocycles. The lowest BCUT2D eigenvalue weighted by Crippen LogP contribution is -2.41. The van der Waals surface area contributed by atoms with Gasteiger partial charge in [-0.2, -0.15) is 10.1 Å². The van der Waals surface area contributed by atoms with Crippen LogP contribution in [0.4, 0.5) is 11.0 Å². The number of hydrazone groups is 1. The van der Waals surface area contributed by atoms with Crippen LogP contribution < -0.4 is 5.01 Å². The molecule has 1 aliphatic rings.